The number of aromatic nitrogens is 2. The second-order valence-electron chi connectivity index (χ2n) is 3.59. The number of nitrogens with one attached hydrogen (secondary N) is 1. The monoisotopic (exact) mass is 260 g/mol. The summed E-state index contributed by atoms with van der Waals surface area (Å²) in [4.78, 5) is 6.52. The molecule has 1 unspecified atom stereocenters. The van der Waals surface area contributed by atoms with E-state index in [1.165, 1.54) is 16.8 Å². The van der Waals surface area contributed by atoms with Crippen molar-refractivity contribution in [3.63, 3.8) is 0 Å². The molecule has 3 N–H and O–H groups in total. The van der Waals surface area contributed by atoms with Crippen LogP contribution in [0.2, 0.25) is 0 Å². The van der Waals surface area contributed by atoms with Crippen molar-refractivity contribution in [3.8, 4) is 0 Å². The zero-order valence-electron chi connectivity index (χ0n) is 8.46. The van der Waals surface area contributed by atoms with E-state index in [9.17, 15) is 8.42 Å². The lowest BCUT2D eigenvalue weighted by molar-refractivity contribution is 0.444. The number of nitrogens with two attached hydrogens (primary N) is 1. The van der Waals surface area contributed by atoms with Gasteiger partial charge in [-0.05, 0) is 12.8 Å². The molecule has 0 radical (unpaired) electrons. The fraction of sp³-hybridized carbons (Fsp3) is 0.500. The number of hydrogen-bond donors (Lipinski definition) is 2. The zero-order chi connectivity index (χ0) is 11.8. The van der Waals surface area contributed by atoms with Crippen LogP contribution in [0.25, 0.3) is 0 Å². The van der Waals surface area contributed by atoms with Crippen LogP contribution in [0.3, 0.4) is 0 Å². The van der Waals surface area contributed by atoms with E-state index in [0.29, 0.717) is 13.0 Å². The van der Waals surface area contributed by atoms with Gasteiger partial charge in [0, 0.05) is 6.54 Å². The number of rotatable bonds is 3. The van der Waals surface area contributed by atoms with Gasteiger partial charge in [-0.25, -0.2) is 13.4 Å². The van der Waals surface area contributed by atoms with Crippen molar-refractivity contribution in [1.82, 2.24) is 14.3 Å². The number of hydrogen-bond acceptors (Lipinski definition) is 4. The average molecular weight is 260 g/mol. The highest BCUT2D eigenvalue weighted by Crippen LogP contribution is 2.24. The molecule has 1 aliphatic rings. The van der Waals surface area contributed by atoms with E-state index >= 15 is 0 Å². The summed E-state index contributed by atoms with van der Waals surface area (Å²) in [5.41, 5.74) is 5.54. The zero-order valence-corrected chi connectivity index (χ0v) is 10.1. The molecule has 2 heterocycles. The van der Waals surface area contributed by atoms with E-state index in [1.54, 1.807) is 0 Å². The Hall–Kier alpha value is -0.990. The van der Waals surface area contributed by atoms with E-state index in [2.05, 4.69) is 9.97 Å². The summed E-state index contributed by atoms with van der Waals surface area (Å²) in [6, 6.07) is -0.372. The van der Waals surface area contributed by atoms with Crippen molar-refractivity contribution >= 4 is 27.2 Å². The first-order valence-electron chi connectivity index (χ1n) is 4.83. The fourth-order valence-corrected chi connectivity index (χ4v) is 3.71. The molecule has 1 saturated heterocycles. The minimum absolute atomic E-state index is 0.0793. The van der Waals surface area contributed by atoms with Gasteiger partial charge in [-0.1, -0.05) is 12.2 Å². The minimum atomic E-state index is -3.54. The van der Waals surface area contributed by atoms with Crippen LogP contribution in [0.1, 0.15) is 12.8 Å². The molecule has 1 aromatic rings. The van der Waals surface area contributed by atoms with Gasteiger partial charge in [0.1, 0.15) is 0 Å². The molecule has 0 saturated carbocycles. The maximum atomic E-state index is 12.1. The first-order valence-corrected chi connectivity index (χ1v) is 6.68. The first-order chi connectivity index (χ1) is 7.53. The largest absolute Gasteiger partial charge is 0.392 e. The van der Waals surface area contributed by atoms with Crippen molar-refractivity contribution in [2.45, 2.75) is 23.9 Å². The Morgan fingerprint density at radius 3 is 3.00 bits per heavy atom. The predicted molar refractivity (Wildman–Crippen MR) is 62.3 cm³/mol. The molecular weight excluding hydrogens is 248 g/mol. The molecular formula is C8H12N4O2S2. The SMILES string of the molecule is NC(=S)C1CCCN1S(=O)(=O)c1cnc[nH]1. The topological polar surface area (TPSA) is 92.1 Å². The Kier molecular flexibility index (Phi) is 2.96. The molecule has 8 heteroatoms. The molecule has 16 heavy (non-hydrogen) atoms. The van der Waals surface area contributed by atoms with Gasteiger partial charge in [-0.15, -0.1) is 0 Å². The van der Waals surface area contributed by atoms with Crippen molar-refractivity contribution in [1.29, 1.82) is 0 Å². The van der Waals surface area contributed by atoms with Crippen LogP contribution < -0.4 is 5.73 Å². The van der Waals surface area contributed by atoms with Crippen LogP contribution in [-0.4, -0.2) is 40.3 Å². The number of thiocarbonyl (C=S) groups is 1. The Bertz CT molecular complexity index is 482. The van der Waals surface area contributed by atoms with Crippen LogP contribution in [0.15, 0.2) is 17.6 Å². The average Bonchev–Trinajstić information content (AvgIpc) is 2.89. The molecule has 2 rings (SSSR count). The van der Waals surface area contributed by atoms with Gasteiger partial charge in [0.05, 0.1) is 23.6 Å². The molecule has 1 aliphatic heterocycles. The lowest BCUT2D eigenvalue weighted by atomic mass is 10.2. The molecule has 0 amide bonds. The van der Waals surface area contributed by atoms with E-state index in [0.717, 1.165) is 6.42 Å². The van der Waals surface area contributed by atoms with Gasteiger partial charge in [0.15, 0.2) is 5.03 Å². The third-order valence-electron chi connectivity index (χ3n) is 2.59. The number of sulfonamides is 1. The van der Waals surface area contributed by atoms with Crippen molar-refractivity contribution in [3.05, 3.63) is 12.5 Å². The maximum absolute atomic E-state index is 12.1. The summed E-state index contributed by atoms with van der Waals surface area (Å²) >= 11 is 4.88. The Morgan fingerprint density at radius 1 is 1.69 bits per heavy atom. The number of aromatic amines is 1. The smallest absolute Gasteiger partial charge is 0.260 e. The van der Waals surface area contributed by atoms with Crippen molar-refractivity contribution in [2.24, 2.45) is 5.73 Å². The fourth-order valence-electron chi connectivity index (χ4n) is 1.82. The van der Waals surface area contributed by atoms with Crippen LogP contribution in [0, 0.1) is 0 Å². The van der Waals surface area contributed by atoms with Crippen LogP contribution in [0.4, 0.5) is 0 Å². The van der Waals surface area contributed by atoms with E-state index < -0.39 is 10.0 Å². The van der Waals surface area contributed by atoms with E-state index in [-0.39, 0.29) is 16.1 Å². The highest BCUT2D eigenvalue weighted by Gasteiger charge is 2.37. The summed E-state index contributed by atoms with van der Waals surface area (Å²) in [5.74, 6) is 0. The summed E-state index contributed by atoms with van der Waals surface area (Å²) in [7, 11) is -3.54. The molecule has 1 aromatic heterocycles. The summed E-state index contributed by atoms with van der Waals surface area (Å²) in [5, 5.41) is 0.0793. The van der Waals surface area contributed by atoms with Gasteiger partial charge in [-0.2, -0.15) is 4.31 Å². The lowest BCUT2D eigenvalue weighted by Gasteiger charge is -2.21. The Morgan fingerprint density at radius 2 is 2.44 bits per heavy atom. The standard InChI is InChI=1S/C8H12N4O2S2/c9-8(15)6-2-1-3-12(6)16(13,14)7-4-10-5-11-7/h4-6H,1-3H2,(H2,9,15)(H,10,11). The third-order valence-corrected chi connectivity index (χ3v) is 4.70. The molecule has 88 valence electrons. The molecule has 0 bridgehead atoms. The normalized spacial score (nSPS) is 22.4. The highest BCUT2D eigenvalue weighted by molar-refractivity contribution is 7.89. The van der Waals surface area contributed by atoms with Gasteiger partial charge in [0.2, 0.25) is 0 Å². The molecule has 0 aliphatic carbocycles. The molecule has 0 aromatic carbocycles. The third kappa shape index (κ3) is 1.83. The summed E-state index contributed by atoms with van der Waals surface area (Å²) < 4.78 is 25.6. The van der Waals surface area contributed by atoms with Crippen molar-refractivity contribution in [2.75, 3.05) is 6.54 Å². The second-order valence-corrected chi connectivity index (χ2v) is 5.92. The molecule has 0 spiro atoms. The quantitative estimate of drug-likeness (QED) is 0.737. The van der Waals surface area contributed by atoms with Crippen LogP contribution >= 0.6 is 12.2 Å². The second kappa shape index (κ2) is 4.11. The van der Waals surface area contributed by atoms with Gasteiger partial charge in [0.25, 0.3) is 10.0 Å². The van der Waals surface area contributed by atoms with E-state index in [4.69, 9.17) is 18.0 Å². The summed E-state index contributed by atoms with van der Waals surface area (Å²) in [6.07, 6.45) is 4.07. The molecule has 1 atom stereocenters. The van der Waals surface area contributed by atoms with Crippen LogP contribution in [-0.2, 0) is 10.0 Å². The van der Waals surface area contributed by atoms with Gasteiger partial charge < -0.3 is 10.7 Å². The summed E-state index contributed by atoms with van der Waals surface area (Å²) in [6.45, 7) is 0.448. The minimum Gasteiger partial charge on any atom is -0.392 e. The number of imidazole rings is 1. The molecule has 1 fully saturated rings. The highest BCUT2D eigenvalue weighted by atomic mass is 32.2. The van der Waals surface area contributed by atoms with Crippen LogP contribution in [0.5, 0.6) is 0 Å². The van der Waals surface area contributed by atoms with Gasteiger partial charge in [-0.3, -0.25) is 0 Å². The number of nitrogens with zero attached hydrogens (tertiary/aromatic N) is 2. The maximum Gasteiger partial charge on any atom is 0.260 e. The van der Waals surface area contributed by atoms with Crippen molar-refractivity contribution < 1.29 is 8.42 Å². The van der Waals surface area contributed by atoms with Gasteiger partial charge >= 0.3 is 0 Å². The molecule has 6 nitrogen and oxygen atoms in total. The van der Waals surface area contributed by atoms with E-state index in [1.807, 2.05) is 0 Å². The predicted octanol–water partition coefficient (Wildman–Crippen LogP) is -0.151. The Balaban J connectivity index is 2.34. The lowest BCUT2D eigenvalue weighted by Crippen LogP contribution is -2.42. The number of H-pyrrole nitrogens is 1. The first kappa shape index (κ1) is 11.5. The Labute approximate surface area is 98.9 Å².